The van der Waals surface area contributed by atoms with Crippen LogP contribution in [0.15, 0.2) is 4.99 Å². The van der Waals surface area contributed by atoms with Gasteiger partial charge in [0.2, 0.25) is 0 Å². The van der Waals surface area contributed by atoms with Gasteiger partial charge in [0.05, 0.1) is 0 Å². The molecular formula is C7H15N. The molecule has 0 spiro atoms. The first kappa shape index (κ1) is 7.67. The Balaban J connectivity index is 3.07. The lowest BCUT2D eigenvalue weighted by molar-refractivity contribution is 0.874. The Hall–Kier alpha value is -0.330. The predicted molar refractivity (Wildman–Crippen MR) is 38.5 cm³/mol. The van der Waals surface area contributed by atoms with Crippen LogP contribution in [0.4, 0.5) is 0 Å². The van der Waals surface area contributed by atoms with Gasteiger partial charge in [-0.25, -0.2) is 0 Å². The van der Waals surface area contributed by atoms with Crippen LogP contribution >= 0.6 is 0 Å². The molecule has 0 aromatic carbocycles. The molecule has 48 valence electrons. The van der Waals surface area contributed by atoms with Crippen molar-refractivity contribution >= 4 is 6.21 Å². The maximum absolute atomic E-state index is 4.16. The molecular weight excluding hydrogens is 98.1 g/mol. The molecule has 0 atom stereocenters. The molecule has 8 heavy (non-hydrogen) atoms. The standard InChI is InChI=1S/C7H15N/c1-4-5-8-6-7(2)3/h6-7H,4-5H2,1-3H3. The van der Waals surface area contributed by atoms with Crippen molar-refractivity contribution in [2.24, 2.45) is 10.9 Å². The second kappa shape index (κ2) is 4.82. The number of aliphatic imine (C=N–C) groups is 1. The van der Waals surface area contributed by atoms with Crippen LogP contribution in [-0.2, 0) is 0 Å². The van der Waals surface area contributed by atoms with Crippen LogP contribution in [0.1, 0.15) is 27.2 Å². The van der Waals surface area contributed by atoms with E-state index in [1.54, 1.807) is 0 Å². The van der Waals surface area contributed by atoms with Crippen LogP contribution in [0.2, 0.25) is 0 Å². The predicted octanol–water partition coefficient (Wildman–Crippen LogP) is 2.12. The van der Waals surface area contributed by atoms with Crippen LogP contribution < -0.4 is 0 Å². The van der Waals surface area contributed by atoms with Gasteiger partial charge >= 0.3 is 0 Å². The van der Waals surface area contributed by atoms with E-state index in [4.69, 9.17) is 0 Å². The van der Waals surface area contributed by atoms with Gasteiger partial charge in [0.25, 0.3) is 0 Å². The normalized spacial score (nSPS) is 11.5. The quantitative estimate of drug-likeness (QED) is 0.497. The van der Waals surface area contributed by atoms with Crippen molar-refractivity contribution in [1.82, 2.24) is 0 Å². The Morgan fingerprint density at radius 3 is 2.50 bits per heavy atom. The maximum Gasteiger partial charge on any atom is 0.0382 e. The second-order valence-electron chi connectivity index (χ2n) is 2.30. The molecule has 0 rings (SSSR count). The van der Waals surface area contributed by atoms with Crippen LogP contribution in [0.5, 0.6) is 0 Å². The van der Waals surface area contributed by atoms with Gasteiger partial charge < -0.3 is 0 Å². The first-order valence-electron chi connectivity index (χ1n) is 3.27. The lowest BCUT2D eigenvalue weighted by Crippen LogP contribution is -1.87. The van der Waals surface area contributed by atoms with E-state index in [1.165, 1.54) is 0 Å². The van der Waals surface area contributed by atoms with E-state index < -0.39 is 0 Å². The topological polar surface area (TPSA) is 12.4 Å². The number of rotatable bonds is 3. The molecule has 0 saturated heterocycles. The zero-order valence-corrected chi connectivity index (χ0v) is 6.02. The summed E-state index contributed by atoms with van der Waals surface area (Å²) in [6.07, 6.45) is 3.16. The first-order chi connectivity index (χ1) is 3.77. The molecule has 0 saturated carbocycles. The average Bonchev–Trinajstić information content (AvgIpc) is 1.66. The highest BCUT2D eigenvalue weighted by atomic mass is 14.7. The molecule has 0 aliphatic carbocycles. The number of hydrogen-bond donors (Lipinski definition) is 0. The van der Waals surface area contributed by atoms with Crippen molar-refractivity contribution in [2.45, 2.75) is 27.2 Å². The number of nitrogens with zero attached hydrogens (tertiary/aromatic N) is 1. The molecule has 0 amide bonds. The summed E-state index contributed by atoms with van der Waals surface area (Å²) in [5, 5.41) is 0. The molecule has 0 aromatic heterocycles. The summed E-state index contributed by atoms with van der Waals surface area (Å²) in [7, 11) is 0. The van der Waals surface area contributed by atoms with E-state index in [-0.39, 0.29) is 0 Å². The Kier molecular flexibility index (Phi) is 4.62. The Bertz CT molecular complexity index is 64.8. The molecule has 1 heteroatoms. The van der Waals surface area contributed by atoms with Crippen LogP contribution in [0, 0.1) is 5.92 Å². The molecule has 0 aliphatic rings. The third-order valence-electron chi connectivity index (χ3n) is 0.756. The molecule has 0 N–H and O–H groups in total. The monoisotopic (exact) mass is 113 g/mol. The van der Waals surface area contributed by atoms with Gasteiger partial charge in [-0.3, -0.25) is 4.99 Å². The van der Waals surface area contributed by atoms with Crippen LogP contribution in [-0.4, -0.2) is 12.8 Å². The Morgan fingerprint density at radius 2 is 2.12 bits per heavy atom. The van der Waals surface area contributed by atoms with E-state index in [2.05, 4.69) is 25.8 Å². The minimum Gasteiger partial charge on any atom is -0.297 e. The summed E-state index contributed by atoms with van der Waals surface area (Å²) in [6.45, 7) is 7.40. The van der Waals surface area contributed by atoms with Gasteiger partial charge in [0.1, 0.15) is 0 Å². The highest BCUT2D eigenvalue weighted by Gasteiger charge is 1.81. The Morgan fingerprint density at radius 1 is 1.50 bits per heavy atom. The fourth-order valence-electron chi connectivity index (χ4n) is 0.414. The summed E-state index contributed by atoms with van der Waals surface area (Å²) in [6, 6.07) is 0. The maximum atomic E-state index is 4.16. The lowest BCUT2D eigenvalue weighted by atomic mass is 10.2. The van der Waals surface area contributed by atoms with Crippen molar-refractivity contribution in [3.8, 4) is 0 Å². The highest BCUT2D eigenvalue weighted by molar-refractivity contribution is 5.59. The number of hydrogen-bond acceptors (Lipinski definition) is 1. The summed E-state index contributed by atoms with van der Waals surface area (Å²) in [4.78, 5) is 4.16. The van der Waals surface area contributed by atoms with Gasteiger partial charge in [-0.2, -0.15) is 0 Å². The summed E-state index contributed by atoms with van der Waals surface area (Å²) < 4.78 is 0. The van der Waals surface area contributed by atoms with Gasteiger partial charge in [-0.05, 0) is 12.3 Å². The van der Waals surface area contributed by atoms with E-state index in [1.807, 2.05) is 6.21 Å². The molecule has 0 bridgehead atoms. The third kappa shape index (κ3) is 5.67. The molecule has 0 unspecified atom stereocenters. The summed E-state index contributed by atoms with van der Waals surface area (Å²) in [5.74, 6) is 0.613. The molecule has 1 nitrogen and oxygen atoms in total. The van der Waals surface area contributed by atoms with Gasteiger partial charge in [0.15, 0.2) is 0 Å². The average molecular weight is 113 g/mol. The zero-order chi connectivity index (χ0) is 6.41. The lowest BCUT2D eigenvalue weighted by Gasteiger charge is -1.90. The Labute approximate surface area is 51.8 Å². The third-order valence-corrected chi connectivity index (χ3v) is 0.756. The SMILES string of the molecule is CCCN=CC(C)C. The van der Waals surface area contributed by atoms with E-state index in [9.17, 15) is 0 Å². The van der Waals surface area contributed by atoms with Crippen LogP contribution in [0.3, 0.4) is 0 Å². The van der Waals surface area contributed by atoms with Crippen molar-refractivity contribution in [1.29, 1.82) is 0 Å². The summed E-state index contributed by atoms with van der Waals surface area (Å²) >= 11 is 0. The second-order valence-corrected chi connectivity index (χ2v) is 2.30. The van der Waals surface area contributed by atoms with Gasteiger partial charge in [-0.15, -0.1) is 0 Å². The zero-order valence-electron chi connectivity index (χ0n) is 6.02. The van der Waals surface area contributed by atoms with Crippen LogP contribution in [0.25, 0.3) is 0 Å². The minimum absolute atomic E-state index is 0.613. The molecule has 0 aromatic rings. The molecule has 0 heterocycles. The van der Waals surface area contributed by atoms with Crippen molar-refractivity contribution in [3.05, 3.63) is 0 Å². The fraction of sp³-hybridized carbons (Fsp3) is 0.857. The molecule has 0 aliphatic heterocycles. The first-order valence-corrected chi connectivity index (χ1v) is 3.27. The minimum atomic E-state index is 0.613. The van der Waals surface area contributed by atoms with E-state index in [0.29, 0.717) is 5.92 Å². The van der Waals surface area contributed by atoms with Gasteiger partial charge in [0, 0.05) is 12.8 Å². The van der Waals surface area contributed by atoms with E-state index in [0.717, 1.165) is 13.0 Å². The van der Waals surface area contributed by atoms with Gasteiger partial charge in [-0.1, -0.05) is 20.8 Å². The van der Waals surface area contributed by atoms with E-state index >= 15 is 0 Å². The highest BCUT2D eigenvalue weighted by Crippen LogP contribution is 1.85. The van der Waals surface area contributed by atoms with Crippen molar-refractivity contribution in [3.63, 3.8) is 0 Å². The molecule has 0 radical (unpaired) electrons. The largest absolute Gasteiger partial charge is 0.297 e. The summed E-state index contributed by atoms with van der Waals surface area (Å²) in [5.41, 5.74) is 0. The van der Waals surface area contributed by atoms with Crippen molar-refractivity contribution in [2.75, 3.05) is 6.54 Å². The smallest absolute Gasteiger partial charge is 0.0382 e. The van der Waals surface area contributed by atoms with Crippen molar-refractivity contribution < 1.29 is 0 Å². The fourth-order valence-corrected chi connectivity index (χ4v) is 0.414. The molecule has 0 fully saturated rings.